The van der Waals surface area contributed by atoms with Crippen LogP contribution in [0.4, 0.5) is 0 Å². The summed E-state index contributed by atoms with van der Waals surface area (Å²) in [6.45, 7) is 0.495. The molecule has 2 aromatic heterocycles. The van der Waals surface area contributed by atoms with Gasteiger partial charge in [0.25, 0.3) is 0 Å². The molecule has 2 N–H and O–H groups in total. The van der Waals surface area contributed by atoms with Crippen LogP contribution >= 0.6 is 46.1 Å². The number of aromatic nitrogens is 2. The molecule has 21 heavy (non-hydrogen) atoms. The summed E-state index contributed by atoms with van der Waals surface area (Å²) in [5.41, 5.74) is 6.56. The first-order valence-electron chi connectivity index (χ1n) is 6.07. The Morgan fingerprint density at radius 1 is 1.19 bits per heavy atom. The topological polar surface area (TPSA) is 52.5 Å². The van der Waals surface area contributed by atoms with Gasteiger partial charge in [0.15, 0.2) is 4.96 Å². The molecule has 0 radical (unpaired) electrons. The molecular weight excluding hydrogens is 353 g/mol. The highest BCUT2D eigenvalue weighted by Crippen LogP contribution is 2.37. The van der Waals surface area contributed by atoms with Crippen LogP contribution in [-0.2, 0) is 6.42 Å². The lowest BCUT2D eigenvalue weighted by Crippen LogP contribution is -2.05. The highest BCUT2D eigenvalue weighted by atomic mass is 35.5. The third kappa shape index (κ3) is 2.84. The normalized spacial score (nSPS) is 11.2. The molecule has 0 bridgehead atoms. The summed E-state index contributed by atoms with van der Waals surface area (Å²) >= 11 is 19.6. The molecule has 0 aliphatic carbocycles. The van der Waals surface area contributed by atoms with E-state index in [1.165, 1.54) is 11.3 Å². The van der Waals surface area contributed by atoms with E-state index < -0.39 is 0 Å². The minimum absolute atomic E-state index is 0.373. The first-order chi connectivity index (χ1) is 10.1. The molecule has 0 spiro atoms. The summed E-state index contributed by atoms with van der Waals surface area (Å²) in [7, 11) is 0. The Hall–Kier alpha value is -0.980. The maximum absolute atomic E-state index is 6.13. The first-order valence-corrected chi connectivity index (χ1v) is 8.08. The summed E-state index contributed by atoms with van der Waals surface area (Å²) in [5, 5.41) is 3.08. The predicted octanol–water partition coefficient (Wildman–Crippen LogP) is 4.65. The number of thiazole rings is 1. The molecule has 3 rings (SSSR count). The van der Waals surface area contributed by atoms with Crippen LogP contribution in [0.5, 0.6) is 11.6 Å². The van der Waals surface area contributed by atoms with Gasteiger partial charge in [-0.05, 0) is 12.6 Å². The van der Waals surface area contributed by atoms with Crippen LogP contribution in [0.25, 0.3) is 4.96 Å². The van der Waals surface area contributed by atoms with Crippen LogP contribution < -0.4 is 10.5 Å². The predicted molar refractivity (Wildman–Crippen MR) is 87.4 cm³/mol. The largest absolute Gasteiger partial charge is 0.436 e. The molecule has 0 amide bonds. The van der Waals surface area contributed by atoms with Gasteiger partial charge in [-0.3, -0.25) is 4.40 Å². The molecule has 0 saturated heterocycles. The van der Waals surface area contributed by atoms with E-state index in [0.29, 0.717) is 39.7 Å². The zero-order valence-electron chi connectivity index (χ0n) is 10.6. The Kier molecular flexibility index (Phi) is 4.28. The fourth-order valence-corrected chi connectivity index (χ4v) is 3.25. The van der Waals surface area contributed by atoms with E-state index in [0.717, 1.165) is 10.7 Å². The van der Waals surface area contributed by atoms with Gasteiger partial charge in [-0.15, -0.1) is 11.3 Å². The summed E-state index contributed by atoms with van der Waals surface area (Å²) in [6.07, 6.45) is 2.58. The number of rotatable bonds is 4. The average Bonchev–Trinajstić information content (AvgIpc) is 3.00. The number of benzene rings is 1. The summed E-state index contributed by atoms with van der Waals surface area (Å²) in [5.74, 6) is 0.891. The average molecular weight is 363 g/mol. The van der Waals surface area contributed by atoms with Crippen LogP contribution in [0.2, 0.25) is 15.1 Å². The molecule has 0 atom stereocenters. The van der Waals surface area contributed by atoms with Gasteiger partial charge in [-0.1, -0.05) is 34.8 Å². The van der Waals surface area contributed by atoms with E-state index in [-0.39, 0.29) is 0 Å². The molecule has 110 valence electrons. The third-order valence-corrected chi connectivity index (χ3v) is 4.66. The van der Waals surface area contributed by atoms with Crippen LogP contribution in [0, 0.1) is 0 Å². The van der Waals surface area contributed by atoms with Crippen LogP contribution in [0.3, 0.4) is 0 Å². The maximum atomic E-state index is 6.13. The minimum atomic E-state index is 0.373. The van der Waals surface area contributed by atoms with Gasteiger partial charge in [-0.2, -0.15) is 4.98 Å². The Morgan fingerprint density at radius 3 is 2.71 bits per heavy atom. The highest BCUT2D eigenvalue weighted by Gasteiger charge is 2.16. The van der Waals surface area contributed by atoms with Crippen molar-refractivity contribution in [3.05, 3.63) is 44.5 Å². The molecule has 1 aromatic carbocycles. The lowest BCUT2D eigenvalue weighted by atomic mass is 10.3. The second-order valence-corrected chi connectivity index (χ2v) is 6.35. The SMILES string of the molecule is NCCc1c(Oc2cc(Cl)c(Cl)cc2Cl)nc2sccn12. The summed E-state index contributed by atoms with van der Waals surface area (Å²) in [6, 6.07) is 3.12. The zero-order chi connectivity index (χ0) is 15.0. The van der Waals surface area contributed by atoms with E-state index >= 15 is 0 Å². The van der Waals surface area contributed by atoms with E-state index in [1.807, 2.05) is 16.0 Å². The number of nitrogens with two attached hydrogens (primary N) is 1. The van der Waals surface area contributed by atoms with Gasteiger partial charge in [0.1, 0.15) is 5.75 Å². The number of imidazole rings is 1. The van der Waals surface area contributed by atoms with Crippen molar-refractivity contribution in [2.45, 2.75) is 6.42 Å². The lowest BCUT2D eigenvalue weighted by Gasteiger charge is -2.08. The Labute approximate surface area is 140 Å². The molecular formula is C13H10Cl3N3OS. The van der Waals surface area contributed by atoms with Gasteiger partial charge in [0.05, 0.1) is 20.8 Å². The number of fused-ring (bicyclic) bond motifs is 1. The van der Waals surface area contributed by atoms with Crippen LogP contribution in [0.1, 0.15) is 5.69 Å². The maximum Gasteiger partial charge on any atom is 0.242 e. The van der Waals surface area contributed by atoms with Gasteiger partial charge in [0, 0.05) is 24.1 Å². The number of hydrogen-bond acceptors (Lipinski definition) is 4. The van der Waals surface area contributed by atoms with Crippen molar-refractivity contribution in [2.75, 3.05) is 6.54 Å². The third-order valence-electron chi connectivity index (χ3n) is 2.89. The number of ether oxygens (including phenoxy) is 1. The highest BCUT2D eigenvalue weighted by molar-refractivity contribution is 7.15. The molecule has 8 heteroatoms. The summed E-state index contributed by atoms with van der Waals surface area (Å²) < 4.78 is 7.77. The minimum Gasteiger partial charge on any atom is -0.436 e. The molecule has 0 saturated carbocycles. The zero-order valence-corrected chi connectivity index (χ0v) is 13.7. The smallest absolute Gasteiger partial charge is 0.242 e. The van der Waals surface area contributed by atoms with Crippen molar-refractivity contribution in [3.63, 3.8) is 0 Å². The van der Waals surface area contributed by atoms with Crippen molar-refractivity contribution < 1.29 is 4.74 Å². The van der Waals surface area contributed by atoms with E-state index in [1.54, 1.807) is 12.1 Å². The second-order valence-electron chi connectivity index (χ2n) is 4.26. The molecule has 0 fully saturated rings. The number of nitrogens with zero attached hydrogens (tertiary/aromatic N) is 2. The Morgan fingerprint density at radius 2 is 1.95 bits per heavy atom. The molecule has 4 nitrogen and oxygen atoms in total. The van der Waals surface area contributed by atoms with Crippen molar-refractivity contribution in [1.82, 2.24) is 9.38 Å². The first kappa shape index (κ1) is 14.9. The van der Waals surface area contributed by atoms with Crippen LogP contribution in [-0.4, -0.2) is 15.9 Å². The Bertz CT molecular complexity index is 799. The van der Waals surface area contributed by atoms with Gasteiger partial charge >= 0.3 is 0 Å². The molecule has 2 heterocycles. The number of hydrogen-bond donors (Lipinski definition) is 1. The molecule has 0 unspecified atom stereocenters. The van der Waals surface area contributed by atoms with Crippen molar-refractivity contribution in [2.24, 2.45) is 5.73 Å². The van der Waals surface area contributed by atoms with Gasteiger partial charge < -0.3 is 10.5 Å². The molecule has 3 aromatic rings. The molecule has 0 aliphatic heterocycles. The summed E-state index contributed by atoms with van der Waals surface area (Å²) in [4.78, 5) is 5.29. The number of halogens is 3. The van der Waals surface area contributed by atoms with Crippen molar-refractivity contribution >= 4 is 51.1 Å². The fourth-order valence-electron chi connectivity index (χ4n) is 1.95. The van der Waals surface area contributed by atoms with Crippen molar-refractivity contribution in [1.29, 1.82) is 0 Å². The van der Waals surface area contributed by atoms with Crippen molar-refractivity contribution in [3.8, 4) is 11.6 Å². The van der Waals surface area contributed by atoms with Gasteiger partial charge in [-0.25, -0.2) is 0 Å². The standard InChI is InChI=1S/C13H10Cl3N3OS/c14-7-5-9(16)11(6-8(7)15)20-12-10(1-2-17)19-3-4-21-13(19)18-12/h3-6H,1-2,17H2. The van der Waals surface area contributed by atoms with Gasteiger partial charge in [0.2, 0.25) is 5.88 Å². The van der Waals surface area contributed by atoms with E-state index in [9.17, 15) is 0 Å². The lowest BCUT2D eigenvalue weighted by molar-refractivity contribution is 0.459. The monoisotopic (exact) mass is 361 g/mol. The second kappa shape index (κ2) is 6.02. The quantitative estimate of drug-likeness (QED) is 0.687. The van der Waals surface area contributed by atoms with E-state index in [2.05, 4.69) is 4.98 Å². The van der Waals surface area contributed by atoms with Crippen LogP contribution in [0.15, 0.2) is 23.7 Å². The van der Waals surface area contributed by atoms with E-state index in [4.69, 9.17) is 45.3 Å². The Balaban J connectivity index is 2.03. The fraction of sp³-hybridized carbons (Fsp3) is 0.154. The molecule has 0 aliphatic rings.